The summed E-state index contributed by atoms with van der Waals surface area (Å²) in [5.74, 6) is -0.360. The molecule has 22 heavy (non-hydrogen) atoms. The van der Waals surface area contributed by atoms with Crippen LogP contribution in [-0.2, 0) is 6.54 Å². The summed E-state index contributed by atoms with van der Waals surface area (Å²) in [6.45, 7) is 1.21. The van der Waals surface area contributed by atoms with Crippen LogP contribution in [0.3, 0.4) is 0 Å². The van der Waals surface area contributed by atoms with Gasteiger partial charge in [0, 0.05) is 38.0 Å². The van der Waals surface area contributed by atoms with Gasteiger partial charge in [-0.2, -0.15) is 0 Å². The molecule has 0 bridgehead atoms. The van der Waals surface area contributed by atoms with Crippen molar-refractivity contribution >= 4 is 17.3 Å². The third kappa shape index (κ3) is 3.78. The highest BCUT2D eigenvalue weighted by Gasteiger charge is 2.16. The lowest BCUT2D eigenvalue weighted by Crippen LogP contribution is -2.18. The Kier molecular flexibility index (Phi) is 5.02. The number of carbonyl (C=O) groups is 1. The number of aromatic nitrogens is 3. The number of nitrogens with one attached hydrogen (secondary N) is 2. The molecule has 0 aliphatic rings. The normalized spacial score (nSPS) is 10.2. The molecule has 0 saturated heterocycles. The maximum absolute atomic E-state index is 11.5. The molecular weight excluding hydrogens is 288 g/mol. The minimum Gasteiger partial charge on any atom is -0.379 e. The molecule has 0 atom stereocenters. The smallest absolute Gasteiger partial charge is 0.293 e. The Labute approximate surface area is 126 Å². The zero-order chi connectivity index (χ0) is 15.9. The molecule has 0 aliphatic heterocycles. The number of carbonyl (C=O) groups excluding carboxylic acids is 1. The second-order valence-electron chi connectivity index (χ2n) is 4.51. The third-order valence-corrected chi connectivity index (χ3v) is 3.04. The molecular formula is C13H16N6O3. The fraction of sp³-hybridized carbons (Fsp3) is 0.308. The summed E-state index contributed by atoms with van der Waals surface area (Å²) in [5, 5.41) is 24.1. The second-order valence-corrected chi connectivity index (χ2v) is 4.51. The molecule has 116 valence electrons. The monoisotopic (exact) mass is 304 g/mol. The van der Waals surface area contributed by atoms with Gasteiger partial charge < -0.3 is 10.6 Å². The topological polar surface area (TPSA) is 115 Å². The third-order valence-electron chi connectivity index (χ3n) is 3.04. The Balaban J connectivity index is 2.00. The van der Waals surface area contributed by atoms with E-state index in [0.717, 1.165) is 6.42 Å². The van der Waals surface area contributed by atoms with Crippen molar-refractivity contribution < 1.29 is 9.72 Å². The maximum atomic E-state index is 11.5. The van der Waals surface area contributed by atoms with E-state index in [-0.39, 0.29) is 17.2 Å². The van der Waals surface area contributed by atoms with E-state index in [1.165, 1.54) is 19.2 Å². The van der Waals surface area contributed by atoms with Crippen LogP contribution in [0.4, 0.5) is 11.4 Å². The van der Waals surface area contributed by atoms with Gasteiger partial charge in [-0.05, 0) is 18.6 Å². The molecule has 2 rings (SSSR count). The molecule has 1 aromatic carbocycles. The lowest BCUT2D eigenvalue weighted by atomic mass is 10.1. The molecule has 0 saturated carbocycles. The Morgan fingerprint density at radius 3 is 2.91 bits per heavy atom. The first-order valence-electron chi connectivity index (χ1n) is 6.70. The summed E-state index contributed by atoms with van der Waals surface area (Å²) in [4.78, 5) is 22.1. The summed E-state index contributed by atoms with van der Waals surface area (Å²) < 4.78 is 1.69. The number of nitro benzene ring substituents is 1. The average molecular weight is 304 g/mol. The number of hydrogen-bond donors (Lipinski definition) is 2. The molecule has 0 fully saturated rings. The van der Waals surface area contributed by atoms with E-state index in [0.29, 0.717) is 18.8 Å². The van der Waals surface area contributed by atoms with E-state index in [4.69, 9.17) is 0 Å². The summed E-state index contributed by atoms with van der Waals surface area (Å²) in [7, 11) is 1.48. The summed E-state index contributed by atoms with van der Waals surface area (Å²) in [5.41, 5.74) is 0.514. The fourth-order valence-corrected chi connectivity index (χ4v) is 1.93. The number of aryl methyl sites for hydroxylation is 1. The predicted molar refractivity (Wildman–Crippen MR) is 79.6 cm³/mol. The van der Waals surface area contributed by atoms with Crippen molar-refractivity contribution in [2.45, 2.75) is 13.0 Å². The first-order valence-corrected chi connectivity index (χ1v) is 6.70. The van der Waals surface area contributed by atoms with Crippen molar-refractivity contribution in [3.8, 4) is 0 Å². The van der Waals surface area contributed by atoms with E-state index in [1.54, 1.807) is 23.1 Å². The average Bonchev–Trinajstić information content (AvgIpc) is 3.04. The SMILES string of the molecule is CNC(=O)c1ccc(NCCCn2ccnn2)c([N+](=O)[O-])c1. The number of nitro groups is 1. The van der Waals surface area contributed by atoms with Crippen molar-refractivity contribution in [1.29, 1.82) is 0 Å². The van der Waals surface area contributed by atoms with Crippen LogP contribution >= 0.6 is 0 Å². The van der Waals surface area contributed by atoms with Crippen LogP contribution in [-0.4, -0.2) is 39.4 Å². The van der Waals surface area contributed by atoms with Crippen LogP contribution in [0, 0.1) is 10.1 Å². The number of hydrogen-bond acceptors (Lipinski definition) is 6. The lowest BCUT2D eigenvalue weighted by molar-refractivity contribution is -0.384. The Morgan fingerprint density at radius 2 is 2.27 bits per heavy atom. The van der Waals surface area contributed by atoms with Crippen LogP contribution in [0.15, 0.2) is 30.6 Å². The van der Waals surface area contributed by atoms with E-state index < -0.39 is 4.92 Å². The zero-order valence-electron chi connectivity index (χ0n) is 12.0. The Morgan fingerprint density at radius 1 is 1.45 bits per heavy atom. The van der Waals surface area contributed by atoms with Crippen molar-refractivity contribution in [2.75, 3.05) is 18.9 Å². The highest BCUT2D eigenvalue weighted by atomic mass is 16.6. The number of amides is 1. The van der Waals surface area contributed by atoms with Gasteiger partial charge >= 0.3 is 0 Å². The molecule has 0 unspecified atom stereocenters. The van der Waals surface area contributed by atoms with Gasteiger partial charge in [-0.3, -0.25) is 19.6 Å². The van der Waals surface area contributed by atoms with Crippen molar-refractivity contribution in [3.63, 3.8) is 0 Å². The van der Waals surface area contributed by atoms with Gasteiger partial charge in [-0.25, -0.2) is 0 Å². The van der Waals surface area contributed by atoms with Gasteiger partial charge in [0.25, 0.3) is 11.6 Å². The molecule has 9 heteroatoms. The first-order chi connectivity index (χ1) is 10.6. The number of rotatable bonds is 7. The maximum Gasteiger partial charge on any atom is 0.293 e. The van der Waals surface area contributed by atoms with Crippen LogP contribution in [0.2, 0.25) is 0 Å². The van der Waals surface area contributed by atoms with E-state index >= 15 is 0 Å². The van der Waals surface area contributed by atoms with Crippen LogP contribution in [0.25, 0.3) is 0 Å². The van der Waals surface area contributed by atoms with Gasteiger partial charge in [-0.15, -0.1) is 5.10 Å². The number of benzene rings is 1. The molecule has 1 amide bonds. The lowest BCUT2D eigenvalue weighted by Gasteiger charge is -2.08. The predicted octanol–water partition coefficient (Wildman–Crippen LogP) is 1.05. The van der Waals surface area contributed by atoms with Crippen LogP contribution < -0.4 is 10.6 Å². The first kappa shape index (κ1) is 15.4. The minimum atomic E-state index is -0.508. The molecule has 9 nitrogen and oxygen atoms in total. The molecule has 0 spiro atoms. The standard InChI is InChI=1S/C13H16N6O3/c1-14-13(20)10-3-4-11(12(9-10)19(21)22)15-5-2-7-18-8-6-16-17-18/h3-4,6,8-9,15H,2,5,7H2,1H3,(H,14,20). The molecule has 2 N–H and O–H groups in total. The highest BCUT2D eigenvalue weighted by Crippen LogP contribution is 2.25. The Bertz CT molecular complexity index is 656. The zero-order valence-corrected chi connectivity index (χ0v) is 12.0. The second kappa shape index (κ2) is 7.16. The summed E-state index contributed by atoms with van der Waals surface area (Å²) in [6.07, 6.45) is 4.08. The number of anilines is 1. The largest absolute Gasteiger partial charge is 0.379 e. The van der Waals surface area contributed by atoms with Gasteiger partial charge in [0.1, 0.15) is 5.69 Å². The quantitative estimate of drug-likeness (QED) is 0.449. The minimum absolute atomic E-state index is 0.123. The van der Waals surface area contributed by atoms with E-state index in [9.17, 15) is 14.9 Å². The molecule has 1 aromatic heterocycles. The van der Waals surface area contributed by atoms with Crippen LogP contribution in [0.1, 0.15) is 16.8 Å². The van der Waals surface area contributed by atoms with Crippen molar-refractivity contribution in [3.05, 3.63) is 46.3 Å². The van der Waals surface area contributed by atoms with Crippen molar-refractivity contribution in [2.24, 2.45) is 0 Å². The summed E-state index contributed by atoms with van der Waals surface area (Å²) in [6, 6.07) is 4.35. The molecule has 0 radical (unpaired) electrons. The van der Waals surface area contributed by atoms with Gasteiger partial charge in [0.05, 0.1) is 11.1 Å². The van der Waals surface area contributed by atoms with E-state index in [1.807, 2.05) is 0 Å². The van der Waals surface area contributed by atoms with Gasteiger partial charge in [0.15, 0.2) is 0 Å². The molecule has 0 aliphatic carbocycles. The summed E-state index contributed by atoms with van der Waals surface area (Å²) >= 11 is 0. The number of nitrogens with zero attached hydrogens (tertiary/aromatic N) is 4. The van der Waals surface area contributed by atoms with Crippen LogP contribution in [0.5, 0.6) is 0 Å². The van der Waals surface area contributed by atoms with Gasteiger partial charge in [-0.1, -0.05) is 5.21 Å². The van der Waals surface area contributed by atoms with Gasteiger partial charge in [0.2, 0.25) is 0 Å². The molecule has 2 aromatic rings. The van der Waals surface area contributed by atoms with E-state index in [2.05, 4.69) is 20.9 Å². The fourth-order valence-electron chi connectivity index (χ4n) is 1.93. The van der Waals surface area contributed by atoms with Crippen molar-refractivity contribution in [1.82, 2.24) is 20.3 Å². The molecule has 1 heterocycles. The highest BCUT2D eigenvalue weighted by molar-refractivity contribution is 5.95. The Hall–Kier alpha value is -2.97.